The molecule has 2 rings (SSSR count). The molecule has 0 saturated heterocycles. The first kappa shape index (κ1) is 18.3. The maximum absolute atomic E-state index is 11.4. The topological polar surface area (TPSA) is 125 Å². The lowest BCUT2D eigenvalue weighted by molar-refractivity contribution is -0.129. The Morgan fingerprint density at radius 3 is 2.24 bits per heavy atom. The highest BCUT2D eigenvalue weighted by Gasteiger charge is 2.08. The predicted octanol–water partition coefficient (Wildman–Crippen LogP) is 2.46. The summed E-state index contributed by atoms with van der Waals surface area (Å²) in [4.78, 5) is 10.8. The van der Waals surface area contributed by atoms with E-state index in [0.717, 1.165) is 6.26 Å². The number of phenols is 1. The molecule has 0 amide bonds. The minimum absolute atomic E-state index is 0.161. The molecule has 0 aromatic heterocycles. The second-order valence-corrected chi connectivity index (χ2v) is 7.15. The van der Waals surface area contributed by atoms with Gasteiger partial charge in [-0.3, -0.25) is 5.43 Å². The fourth-order valence-electron chi connectivity index (χ4n) is 1.75. The number of rotatable bonds is 6. The fraction of sp³-hybridized carbons (Fsp3) is 0.125. The van der Waals surface area contributed by atoms with Crippen LogP contribution in [0.2, 0.25) is 0 Å². The monoisotopic (exact) mass is 364 g/mol. The lowest BCUT2D eigenvalue weighted by Gasteiger charge is -2.09. The number of benzene rings is 2. The van der Waals surface area contributed by atoms with Crippen LogP contribution in [0.3, 0.4) is 0 Å². The molecule has 8 nitrogen and oxygen atoms in total. The predicted molar refractivity (Wildman–Crippen MR) is 92.1 cm³/mol. The van der Waals surface area contributed by atoms with Gasteiger partial charge in [0.2, 0.25) is 0 Å². The van der Waals surface area contributed by atoms with Crippen molar-refractivity contribution in [3.8, 4) is 17.2 Å². The molecule has 0 aliphatic heterocycles. The van der Waals surface area contributed by atoms with Crippen LogP contribution >= 0.6 is 0 Å². The van der Waals surface area contributed by atoms with Crippen molar-refractivity contribution in [3.63, 3.8) is 0 Å². The normalized spacial score (nSPS) is 11.8. The standard InChI is InChI=1S/C16H16N2O6S/c1-10(16(20)21)17-18-14-8-5-12(9-15(14)19)24-11-3-6-13(7-4-11)25(2,22)23/h3-9,18-19H,1-2H3,(H,20,21). The Kier molecular flexibility index (Phi) is 5.28. The Bertz CT molecular complexity index is 920. The number of hydrazone groups is 1. The largest absolute Gasteiger partial charge is 0.506 e. The van der Waals surface area contributed by atoms with Crippen LogP contribution < -0.4 is 10.2 Å². The van der Waals surface area contributed by atoms with E-state index in [2.05, 4.69) is 10.5 Å². The number of carbonyl (C=O) groups is 1. The highest BCUT2D eigenvalue weighted by Crippen LogP contribution is 2.31. The molecule has 25 heavy (non-hydrogen) atoms. The summed E-state index contributed by atoms with van der Waals surface area (Å²) in [5.74, 6) is -0.655. The number of carboxylic acid groups (broad SMARTS) is 1. The van der Waals surface area contributed by atoms with Crippen molar-refractivity contribution < 1.29 is 28.2 Å². The highest BCUT2D eigenvalue weighted by atomic mass is 32.2. The molecule has 0 heterocycles. The quantitative estimate of drug-likeness (QED) is 0.408. The van der Waals surface area contributed by atoms with Crippen molar-refractivity contribution in [3.05, 3.63) is 42.5 Å². The maximum atomic E-state index is 11.4. The number of phenolic OH excluding ortho intramolecular Hbond substituents is 1. The van der Waals surface area contributed by atoms with E-state index in [1.807, 2.05) is 0 Å². The lowest BCUT2D eigenvalue weighted by atomic mass is 10.3. The first-order valence-electron chi connectivity index (χ1n) is 7.01. The maximum Gasteiger partial charge on any atom is 0.351 e. The molecular formula is C16H16N2O6S. The number of hydrogen-bond acceptors (Lipinski definition) is 7. The van der Waals surface area contributed by atoms with Crippen molar-refractivity contribution >= 4 is 27.2 Å². The van der Waals surface area contributed by atoms with E-state index in [4.69, 9.17) is 9.84 Å². The van der Waals surface area contributed by atoms with Gasteiger partial charge in [-0.05, 0) is 43.3 Å². The Labute approximate surface area is 144 Å². The Hall–Kier alpha value is -3.07. The lowest BCUT2D eigenvalue weighted by Crippen LogP contribution is -2.10. The molecule has 0 aliphatic carbocycles. The number of nitrogens with one attached hydrogen (secondary N) is 1. The third-order valence-electron chi connectivity index (χ3n) is 3.11. The summed E-state index contributed by atoms with van der Waals surface area (Å²) in [6.07, 6.45) is 1.11. The summed E-state index contributed by atoms with van der Waals surface area (Å²) < 4.78 is 28.3. The van der Waals surface area contributed by atoms with Crippen molar-refractivity contribution in [1.29, 1.82) is 0 Å². The summed E-state index contributed by atoms with van der Waals surface area (Å²) in [5, 5.41) is 22.3. The molecule has 0 bridgehead atoms. The molecule has 2 aromatic carbocycles. The second kappa shape index (κ2) is 7.22. The Morgan fingerprint density at radius 2 is 1.72 bits per heavy atom. The van der Waals surface area contributed by atoms with Gasteiger partial charge in [-0.15, -0.1) is 0 Å². The SMILES string of the molecule is CC(=NNc1ccc(Oc2ccc(S(C)(=O)=O)cc2)cc1O)C(=O)O. The number of anilines is 1. The van der Waals surface area contributed by atoms with E-state index in [9.17, 15) is 18.3 Å². The Morgan fingerprint density at radius 1 is 1.12 bits per heavy atom. The van der Waals surface area contributed by atoms with Crippen molar-refractivity contribution in [1.82, 2.24) is 0 Å². The van der Waals surface area contributed by atoms with Crippen LogP contribution in [0.4, 0.5) is 5.69 Å². The highest BCUT2D eigenvalue weighted by molar-refractivity contribution is 7.90. The van der Waals surface area contributed by atoms with Gasteiger partial charge in [-0.1, -0.05) is 0 Å². The number of aromatic hydroxyl groups is 1. The van der Waals surface area contributed by atoms with Crippen LogP contribution in [0, 0.1) is 0 Å². The third kappa shape index (κ3) is 4.95. The van der Waals surface area contributed by atoms with Gasteiger partial charge in [-0.25, -0.2) is 13.2 Å². The van der Waals surface area contributed by atoms with E-state index >= 15 is 0 Å². The molecule has 0 radical (unpaired) electrons. The molecule has 0 unspecified atom stereocenters. The van der Waals surface area contributed by atoms with Gasteiger partial charge < -0.3 is 14.9 Å². The van der Waals surface area contributed by atoms with Crippen molar-refractivity contribution in [2.75, 3.05) is 11.7 Å². The number of aliphatic carboxylic acids is 1. The fourth-order valence-corrected chi connectivity index (χ4v) is 2.38. The number of sulfone groups is 1. The average Bonchev–Trinajstić information content (AvgIpc) is 2.53. The van der Waals surface area contributed by atoms with Crippen molar-refractivity contribution in [2.45, 2.75) is 11.8 Å². The summed E-state index contributed by atoms with van der Waals surface area (Å²) in [6, 6.07) is 10.2. The zero-order chi connectivity index (χ0) is 18.6. The molecule has 132 valence electrons. The van der Waals surface area contributed by atoms with Crippen molar-refractivity contribution in [2.24, 2.45) is 5.10 Å². The van der Waals surface area contributed by atoms with Crippen LogP contribution in [0.1, 0.15) is 6.92 Å². The van der Waals surface area contributed by atoms with E-state index in [1.165, 1.54) is 49.4 Å². The molecule has 2 aromatic rings. The first-order valence-corrected chi connectivity index (χ1v) is 8.90. The summed E-state index contributed by atoms with van der Waals surface area (Å²) in [6.45, 7) is 1.31. The molecule has 0 fully saturated rings. The van der Waals surface area contributed by atoms with Crippen LogP contribution in [-0.4, -0.2) is 36.6 Å². The summed E-state index contributed by atoms with van der Waals surface area (Å²) in [7, 11) is -3.28. The molecule has 3 N–H and O–H groups in total. The zero-order valence-corrected chi connectivity index (χ0v) is 14.2. The number of hydrogen-bond donors (Lipinski definition) is 3. The molecule has 0 atom stereocenters. The number of carboxylic acids is 1. The van der Waals surface area contributed by atoms with Gasteiger partial charge in [0.05, 0.1) is 10.6 Å². The van der Waals surface area contributed by atoms with Gasteiger partial charge in [-0.2, -0.15) is 5.10 Å². The van der Waals surface area contributed by atoms with Gasteiger partial charge >= 0.3 is 5.97 Å². The van der Waals surface area contributed by atoms with Crippen LogP contribution in [0.15, 0.2) is 52.5 Å². The van der Waals surface area contributed by atoms with Gasteiger partial charge in [0.1, 0.15) is 23.0 Å². The number of ether oxygens (including phenoxy) is 1. The molecule has 0 aliphatic rings. The molecule has 0 spiro atoms. The average molecular weight is 364 g/mol. The number of nitrogens with zero attached hydrogens (tertiary/aromatic N) is 1. The van der Waals surface area contributed by atoms with Crippen LogP contribution in [0.5, 0.6) is 17.2 Å². The summed E-state index contributed by atoms with van der Waals surface area (Å²) >= 11 is 0. The smallest absolute Gasteiger partial charge is 0.351 e. The van der Waals surface area contributed by atoms with E-state index in [1.54, 1.807) is 0 Å². The molecule has 0 saturated carbocycles. The van der Waals surface area contributed by atoms with Gasteiger partial charge in [0, 0.05) is 12.3 Å². The second-order valence-electron chi connectivity index (χ2n) is 5.14. The molecular weight excluding hydrogens is 348 g/mol. The van der Waals surface area contributed by atoms with E-state index in [0.29, 0.717) is 11.5 Å². The molecule has 9 heteroatoms. The van der Waals surface area contributed by atoms with Crippen LogP contribution in [-0.2, 0) is 14.6 Å². The first-order chi connectivity index (χ1) is 11.7. The van der Waals surface area contributed by atoms with E-state index < -0.39 is 15.8 Å². The van der Waals surface area contributed by atoms with E-state index in [-0.39, 0.29) is 22.0 Å². The third-order valence-corrected chi connectivity index (χ3v) is 4.24. The zero-order valence-electron chi connectivity index (χ0n) is 13.4. The minimum atomic E-state index is -3.28. The van der Waals surface area contributed by atoms with Gasteiger partial charge in [0.15, 0.2) is 9.84 Å². The van der Waals surface area contributed by atoms with Crippen LogP contribution in [0.25, 0.3) is 0 Å². The minimum Gasteiger partial charge on any atom is -0.506 e. The summed E-state index contributed by atoms with van der Waals surface area (Å²) in [5.41, 5.74) is 2.49. The Balaban J connectivity index is 2.13. The van der Waals surface area contributed by atoms with Gasteiger partial charge in [0.25, 0.3) is 0 Å².